The van der Waals surface area contributed by atoms with Gasteiger partial charge in [-0.15, -0.1) is 0 Å². The van der Waals surface area contributed by atoms with Gasteiger partial charge < -0.3 is 10.2 Å². The molecule has 0 saturated carbocycles. The van der Waals surface area contributed by atoms with Crippen molar-refractivity contribution in [2.24, 2.45) is 0 Å². The molecule has 0 amide bonds. The van der Waals surface area contributed by atoms with Crippen molar-refractivity contribution in [3.05, 3.63) is 18.2 Å². The fraction of sp³-hybridized carbons (Fsp3) is 0.500. The third-order valence-electron chi connectivity index (χ3n) is 2.01. The van der Waals surface area contributed by atoms with Crippen LogP contribution in [0.25, 0.3) is 0 Å². The number of thioether (sulfide) groups is 1. The Bertz CT molecular complexity index is 278. The first kappa shape index (κ1) is 11.2. The zero-order chi connectivity index (χ0) is 10.4. The van der Waals surface area contributed by atoms with Gasteiger partial charge in [0.2, 0.25) is 0 Å². The summed E-state index contributed by atoms with van der Waals surface area (Å²) in [5, 5.41) is 3.04. The fourth-order valence-corrected chi connectivity index (χ4v) is 1.57. The molecule has 1 N–H and O–H groups in total. The Balaban J connectivity index is 2.64. The number of hydrogen-bond acceptors (Lipinski definition) is 4. The molecular weight excluding hydrogens is 194 g/mol. The summed E-state index contributed by atoms with van der Waals surface area (Å²) in [7, 11) is 3.95. The molecule has 0 radical (unpaired) electrons. The van der Waals surface area contributed by atoms with Gasteiger partial charge in [-0.2, -0.15) is 11.8 Å². The lowest BCUT2D eigenvalue weighted by atomic mass is 10.4. The molecule has 0 spiro atoms. The van der Waals surface area contributed by atoms with Crippen LogP contribution in [-0.4, -0.2) is 37.6 Å². The number of aromatic nitrogens is 1. The lowest BCUT2D eigenvalue weighted by Crippen LogP contribution is -2.21. The molecule has 0 unspecified atom stereocenters. The largest absolute Gasteiger partial charge is 0.373 e. The highest BCUT2D eigenvalue weighted by Gasteiger charge is 2.01. The molecular formula is C10H17N3S. The van der Waals surface area contributed by atoms with Gasteiger partial charge in [-0.1, -0.05) is 6.07 Å². The minimum atomic E-state index is 0.915. The molecule has 3 nitrogen and oxygen atoms in total. The molecule has 0 aliphatic rings. The Kier molecular flexibility index (Phi) is 4.59. The first-order valence-corrected chi connectivity index (χ1v) is 6.02. The number of rotatable bonds is 5. The molecule has 1 heterocycles. The number of pyridine rings is 1. The molecule has 0 bridgehead atoms. The molecule has 0 fully saturated rings. The maximum Gasteiger partial charge on any atom is 0.130 e. The highest BCUT2D eigenvalue weighted by molar-refractivity contribution is 7.98. The summed E-state index contributed by atoms with van der Waals surface area (Å²) in [6.07, 6.45) is 2.12. The van der Waals surface area contributed by atoms with E-state index < -0.39 is 0 Å². The lowest BCUT2D eigenvalue weighted by Gasteiger charge is -2.17. The quantitative estimate of drug-likeness (QED) is 0.805. The topological polar surface area (TPSA) is 28.2 Å². The van der Waals surface area contributed by atoms with E-state index in [0.29, 0.717) is 0 Å². The Labute approximate surface area is 89.9 Å². The van der Waals surface area contributed by atoms with Crippen molar-refractivity contribution >= 4 is 23.4 Å². The Morgan fingerprint density at radius 2 is 2.29 bits per heavy atom. The van der Waals surface area contributed by atoms with Crippen LogP contribution in [0.15, 0.2) is 18.2 Å². The van der Waals surface area contributed by atoms with E-state index in [0.717, 1.165) is 23.9 Å². The van der Waals surface area contributed by atoms with Crippen LogP contribution in [0.2, 0.25) is 0 Å². The summed E-state index contributed by atoms with van der Waals surface area (Å²) >= 11 is 1.85. The van der Waals surface area contributed by atoms with Gasteiger partial charge in [0, 0.05) is 26.4 Å². The highest BCUT2D eigenvalue weighted by Crippen LogP contribution is 2.12. The van der Waals surface area contributed by atoms with E-state index in [1.54, 1.807) is 0 Å². The van der Waals surface area contributed by atoms with Gasteiger partial charge in [-0.3, -0.25) is 0 Å². The van der Waals surface area contributed by atoms with Crippen molar-refractivity contribution in [2.75, 3.05) is 42.9 Å². The van der Waals surface area contributed by atoms with Gasteiger partial charge in [-0.25, -0.2) is 4.98 Å². The van der Waals surface area contributed by atoms with Gasteiger partial charge >= 0.3 is 0 Å². The third-order valence-corrected chi connectivity index (χ3v) is 2.60. The SMILES string of the molecule is CNc1cccc(N(C)CCSC)n1. The summed E-state index contributed by atoms with van der Waals surface area (Å²) in [6.45, 7) is 1.03. The van der Waals surface area contributed by atoms with Gasteiger partial charge in [-0.05, 0) is 18.4 Å². The van der Waals surface area contributed by atoms with Crippen LogP contribution in [0, 0.1) is 0 Å². The average molecular weight is 211 g/mol. The average Bonchev–Trinajstić information content (AvgIpc) is 2.26. The first-order chi connectivity index (χ1) is 6.77. The maximum atomic E-state index is 4.45. The van der Waals surface area contributed by atoms with E-state index in [9.17, 15) is 0 Å². The monoisotopic (exact) mass is 211 g/mol. The zero-order valence-electron chi connectivity index (χ0n) is 8.95. The predicted molar refractivity (Wildman–Crippen MR) is 65.4 cm³/mol. The second-order valence-electron chi connectivity index (χ2n) is 3.05. The molecule has 4 heteroatoms. The van der Waals surface area contributed by atoms with Crippen LogP contribution in [0.4, 0.5) is 11.6 Å². The van der Waals surface area contributed by atoms with E-state index in [1.807, 2.05) is 37.0 Å². The smallest absolute Gasteiger partial charge is 0.130 e. The minimum Gasteiger partial charge on any atom is -0.373 e. The molecule has 78 valence electrons. The van der Waals surface area contributed by atoms with Gasteiger partial charge in [0.25, 0.3) is 0 Å². The van der Waals surface area contributed by atoms with Crippen LogP contribution in [0.3, 0.4) is 0 Å². The molecule has 14 heavy (non-hydrogen) atoms. The van der Waals surface area contributed by atoms with Crippen LogP contribution in [0.5, 0.6) is 0 Å². The van der Waals surface area contributed by atoms with E-state index in [2.05, 4.69) is 28.5 Å². The van der Waals surface area contributed by atoms with E-state index in [1.165, 1.54) is 0 Å². The van der Waals surface area contributed by atoms with Crippen molar-refractivity contribution in [1.82, 2.24) is 4.98 Å². The van der Waals surface area contributed by atoms with E-state index >= 15 is 0 Å². The summed E-state index contributed by atoms with van der Waals surface area (Å²) in [5.74, 6) is 3.06. The number of anilines is 2. The second-order valence-corrected chi connectivity index (χ2v) is 4.03. The van der Waals surface area contributed by atoms with Gasteiger partial charge in [0.15, 0.2) is 0 Å². The molecule has 1 aromatic heterocycles. The third kappa shape index (κ3) is 3.10. The van der Waals surface area contributed by atoms with E-state index in [-0.39, 0.29) is 0 Å². The summed E-state index contributed by atoms with van der Waals surface area (Å²) in [4.78, 5) is 6.61. The minimum absolute atomic E-state index is 0.915. The summed E-state index contributed by atoms with van der Waals surface area (Å²) < 4.78 is 0. The maximum absolute atomic E-state index is 4.45. The highest BCUT2D eigenvalue weighted by atomic mass is 32.2. The molecule has 1 aromatic rings. The second kappa shape index (κ2) is 5.75. The summed E-state index contributed by atoms with van der Waals surface area (Å²) in [6, 6.07) is 6.01. The van der Waals surface area contributed by atoms with Crippen LogP contribution < -0.4 is 10.2 Å². The molecule has 0 aromatic carbocycles. The molecule has 0 saturated heterocycles. The van der Waals surface area contributed by atoms with E-state index in [4.69, 9.17) is 0 Å². The van der Waals surface area contributed by atoms with Crippen LogP contribution >= 0.6 is 11.8 Å². The van der Waals surface area contributed by atoms with Crippen molar-refractivity contribution in [3.63, 3.8) is 0 Å². The lowest BCUT2D eigenvalue weighted by molar-refractivity contribution is 0.947. The van der Waals surface area contributed by atoms with Crippen LogP contribution in [-0.2, 0) is 0 Å². The number of nitrogens with one attached hydrogen (secondary N) is 1. The van der Waals surface area contributed by atoms with Crippen molar-refractivity contribution in [2.45, 2.75) is 0 Å². The van der Waals surface area contributed by atoms with Crippen molar-refractivity contribution in [3.8, 4) is 0 Å². The predicted octanol–water partition coefficient (Wildman–Crippen LogP) is 1.92. The Morgan fingerprint density at radius 3 is 2.93 bits per heavy atom. The molecule has 0 atom stereocenters. The van der Waals surface area contributed by atoms with Crippen molar-refractivity contribution in [1.29, 1.82) is 0 Å². The fourth-order valence-electron chi connectivity index (χ4n) is 1.12. The van der Waals surface area contributed by atoms with Gasteiger partial charge in [0.05, 0.1) is 0 Å². The Hall–Kier alpha value is -0.900. The molecule has 0 aliphatic heterocycles. The van der Waals surface area contributed by atoms with Crippen LogP contribution in [0.1, 0.15) is 0 Å². The van der Waals surface area contributed by atoms with Gasteiger partial charge in [0.1, 0.15) is 11.6 Å². The first-order valence-electron chi connectivity index (χ1n) is 4.63. The Morgan fingerprint density at radius 1 is 1.50 bits per heavy atom. The standard InChI is InChI=1S/C10H17N3S/c1-11-9-5-4-6-10(12-9)13(2)7-8-14-3/h4-6H,7-8H2,1-3H3,(H,11,12). The van der Waals surface area contributed by atoms with Crippen molar-refractivity contribution < 1.29 is 0 Å². The molecule has 1 rings (SSSR count). The normalized spacial score (nSPS) is 9.93. The zero-order valence-corrected chi connectivity index (χ0v) is 9.77. The number of nitrogens with zero attached hydrogens (tertiary/aromatic N) is 2. The number of hydrogen-bond donors (Lipinski definition) is 1. The molecule has 0 aliphatic carbocycles. The summed E-state index contributed by atoms with van der Waals surface area (Å²) in [5.41, 5.74) is 0.